The summed E-state index contributed by atoms with van der Waals surface area (Å²) in [6, 6.07) is 4.70. The smallest absolute Gasteiger partial charge is 0.147 e. The van der Waals surface area contributed by atoms with E-state index in [9.17, 15) is 9.50 Å². The fraction of sp³-hybridized carbons (Fsp3) is 0.571. The lowest BCUT2D eigenvalue weighted by molar-refractivity contribution is -0.00735. The van der Waals surface area contributed by atoms with E-state index in [-0.39, 0.29) is 25.1 Å². The fourth-order valence-corrected chi connectivity index (χ4v) is 1.99. The molecule has 6 heteroatoms. The minimum Gasteiger partial charge on any atom is -0.389 e. The van der Waals surface area contributed by atoms with Gasteiger partial charge in [-0.2, -0.15) is 0 Å². The van der Waals surface area contributed by atoms with Crippen molar-refractivity contribution in [1.82, 2.24) is 0 Å². The van der Waals surface area contributed by atoms with Gasteiger partial charge >= 0.3 is 0 Å². The Labute approximate surface area is 127 Å². The predicted molar refractivity (Wildman–Crippen MR) is 80.5 cm³/mol. The first-order valence-corrected chi connectivity index (χ1v) is 7.35. The van der Waals surface area contributed by atoms with Gasteiger partial charge in [0.15, 0.2) is 0 Å². The summed E-state index contributed by atoms with van der Waals surface area (Å²) in [7, 11) is 0. The second-order valence-corrected chi connectivity index (χ2v) is 5.48. The molecule has 0 aliphatic rings. The van der Waals surface area contributed by atoms with Crippen molar-refractivity contribution in [2.45, 2.75) is 26.1 Å². The minimum atomic E-state index is -0.708. The molecule has 0 fully saturated rings. The molecule has 1 aromatic carbocycles. The van der Waals surface area contributed by atoms with Crippen molar-refractivity contribution >= 4 is 21.6 Å². The van der Waals surface area contributed by atoms with Crippen molar-refractivity contribution in [3.63, 3.8) is 0 Å². The van der Waals surface area contributed by atoms with E-state index in [1.807, 2.05) is 13.8 Å². The molecule has 0 aliphatic heterocycles. The number of ether oxygens (including phenoxy) is 2. The number of rotatable bonds is 9. The summed E-state index contributed by atoms with van der Waals surface area (Å²) in [4.78, 5) is 0. The topological polar surface area (TPSA) is 50.7 Å². The van der Waals surface area contributed by atoms with E-state index in [0.29, 0.717) is 23.4 Å². The van der Waals surface area contributed by atoms with Crippen molar-refractivity contribution in [3.8, 4) is 0 Å². The van der Waals surface area contributed by atoms with E-state index in [1.54, 1.807) is 12.1 Å². The highest BCUT2D eigenvalue weighted by Gasteiger charge is 2.09. The number of halogens is 2. The SMILES string of the molecule is CC(C)OCCOCC(O)CNc1c(F)cccc1Br. The summed E-state index contributed by atoms with van der Waals surface area (Å²) < 4.78 is 24.7. The van der Waals surface area contributed by atoms with Gasteiger partial charge in [0, 0.05) is 11.0 Å². The first kappa shape index (κ1) is 17.4. The van der Waals surface area contributed by atoms with Crippen LogP contribution in [0.3, 0.4) is 0 Å². The molecule has 114 valence electrons. The van der Waals surface area contributed by atoms with Gasteiger partial charge in [-0.3, -0.25) is 0 Å². The number of aliphatic hydroxyl groups is 1. The van der Waals surface area contributed by atoms with Crippen LogP contribution in [0, 0.1) is 5.82 Å². The number of aliphatic hydroxyl groups excluding tert-OH is 1. The van der Waals surface area contributed by atoms with Crippen LogP contribution in [-0.4, -0.2) is 43.7 Å². The van der Waals surface area contributed by atoms with Crippen LogP contribution in [0.2, 0.25) is 0 Å². The molecule has 4 nitrogen and oxygen atoms in total. The number of hydrogen-bond donors (Lipinski definition) is 2. The van der Waals surface area contributed by atoms with E-state index in [2.05, 4.69) is 21.2 Å². The molecule has 0 spiro atoms. The molecular weight excluding hydrogens is 329 g/mol. The van der Waals surface area contributed by atoms with Gasteiger partial charge < -0.3 is 19.9 Å². The zero-order valence-electron chi connectivity index (χ0n) is 11.7. The normalized spacial score (nSPS) is 12.7. The largest absolute Gasteiger partial charge is 0.389 e. The molecule has 2 N–H and O–H groups in total. The Balaban J connectivity index is 2.21. The summed E-state index contributed by atoms with van der Waals surface area (Å²) in [5, 5.41) is 12.6. The Hall–Kier alpha value is -0.690. The molecule has 20 heavy (non-hydrogen) atoms. The summed E-state index contributed by atoms with van der Waals surface area (Å²) in [5.41, 5.74) is 0.342. The number of hydrogen-bond acceptors (Lipinski definition) is 4. The lowest BCUT2D eigenvalue weighted by Gasteiger charge is -2.15. The predicted octanol–water partition coefficient (Wildman–Crippen LogP) is 2.80. The first-order chi connectivity index (χ1) is 9.50. The molecule has 1 unspecified atom stereocenters. The van der Waals surface area contributed by atoms with Gasteiger partial charge in [-0.05, 0) is 41.9 Å². The summed E-state index contributed by atoms with van der Waals surface area (Å²) in [5.74, 6) is -0.363. The Morgan fingerprint density at radius 1 is 1.35 bits per heavy atom. The zero-order chi connectivity index (χ0) is 15.0. The quantitative estimate of drug-likeness (QED) is 0.673. The lowest BCUT2D eigenvalue weighted by atomic mass is 10.3. The van der Waals surface area contributed by atoms with E-state index in [4.69, 9.17) is 9.47 Å². The lowest BCUT2D eigenvalue weighted by Crippen LogP contribution is -2.26. The number of nitrogens with one attached hydrogen (secondary N) is 1. The number of para-hydroxylation sites is 1. The maximum Gasteiger partial charge on any atom is 0.147 e. The molecule has 0 saturated carbocycles. The molecule has 0 saturated heterocycles. The Kier molecular flexibility index (Phi) is 8.06. The van der Waals surface area contributed by atoms with Crippen molar-refractivity contribution in [3.05, 3.63) is 28.5 Å². The van der Waals surface area contributed by atoms with Gasteiger partial charge in [-0.25, -0.2) is 4.39 Å². The highest BCUT2D eigenvalue weighted by atomic mass is 79.9. The summed E-state index contributed by atoms with van der Waals surface area (Å²) in [6.45, 7) is 5.22. The highest BCUT2D eigenvalue weighted by molar-refractivity contribution is 9.10. The second kappa shape index (κ2) is 9.28. The van der Waals surface area contributed by atoms with Crippen molar-refractivity contribution in [1.29, 1.82) is 0 Å². The van der Waals surface area contributed by atoms with E-state index < -0.39 is 6.10 Å². The molecule has 1 aromatic rings. The number of anilines is 1. The third-order valence-corrected chi connectivity index (χ3v) is 3.13. The maximum absolute atomic E-state index is 13.5. The highest BCUT2D eigenvalue weighted by Crippen LogP contribution is 2.24. The van der Waals surface area contributed by atoms with Crippen molar-refractivity contribution < 1.29 is 19.0 Å². The summed E-state index contributed by atoms with van der Waals surface area (Å²) in [6.07, 6.45) is -0.538. The second-order valence-electron chi connectivity index (χ2n) is 4.63. The van der Waals surface area contributed by atoms with Crippen LogP contribution < -0.4 is 5.32 Å². The van der Waals surface area contributed by atoms with Crippen LogP contribution in [0.25, 0.3) is 0 Å². The van der Waals surface area contributed by atoms with Crippen molar-refractivity contribution in [2.75, 3.05) is 31.7 Å². The average molecular weight is 350 g/mol. The zero-order valence-corrected chi connectivity index (χ0v) is 13.3. The van der Waals surface area contributed by atoms with E-state index >= 15 is 0 Å². The van der Waals surface area contributed by atoms with Crippen LogP contribution in [0.15, 0.2) is 22.7 Å². The fourth-order valence-electron chi connectivity index (χ4n) is 1.51. The van der Waals surface area contributed by atoms with E-state index in [0.717, 1.165) is 0 Å². The Morgan fingerprint density at radius 2 is 2.10 bits per heavy atom. The molecule has 0 amide bonds. The molecule has 0 radical (unpaired) electrons. The first-order valence-electron chi connectivity index (χ1n) is 6.56. The number of benzene rings is 1. The average Bonchev–Trinajstić information content (AvgIpc) is 2.37. The van der Waals surface area contributed by atoms with Crippen LogP contribution in [0.5, 0.6) is 0 Å². The van der Waals surface area contributed by atoms with Gasteiger partial charge in [0.1, 0.15) is 5.82 Å². The monoisotopic (exact) mass is 349 g/mol. The molecule has 0 aromatic heterocycles. The molecular formula is C14H21BrFNO3. The van der Waals surface area contributed by atoms with Gasteiger partial charge in [-0.15, -0.1) is 0 Å². The van der Waals surface area contributed by atoms with Gasteiger partial charge in [0.2, 0.25) is 0 Å². The van der Waals surface area contributed by atoms with Gasteiger partial charge in [0.05, 0.1) is 37.7 Å². The molecule has 0 bridgehead atoms. The molecule has 1 atom stereocenters. The third-order valence-electron chi connectivity index (χ3n) is 2.47. The molecule has 0 aliphatic carbocycles. The maximum atomic E-state index is 13.5. The van der Waals surface area contributed by atoms with Crippen LogP contribution >= 0.6 is 15.9 Å². The van der Waals surface area contributed by atoms with Crippen LogP contribution in [0.1, 0.15) is 13.8 Å². The minimum absolute atomic E-state index is 0.170. The Bertz CT molecular complexity index is 384. The molecule has 1 rings (SSSR count). The van der Waals surface area contributed by atoms with Crippen LogP contribution in [0.4, 0.5) is 10.1 Å². The van der Waals surface area contributed by atoms with Gasteiger partial charge in [-0.1, -0.05) is 6.07 Å². The van der Waals surface area contributed by atoms with Crippen molar-refractivity contribution in [2.24, 2.45) is 0 Å². The third kappa shape index (κ3) is 6.65. The van der Waals surface area contributed by atoms with E-state index in [1.165, 1.54) is 6.07 Å². The standard InChI is InChI=1S/C14H21BrFNO3/c1-10(2)20-7-6-19-9-11(18)8-17-14-12(15)4-3-5-13(14)16/h3-5,10-11,17-18H,6-9H2,1-2H3. The summed E-state index contributed by atoms with van der Waals surface area (Å²) >= 11 is 3.25. The Morgan fingerprint density at radius 3 is 2.75 bits per heavy atom. The van der Waals surface area contributed by atoms with Crippen LogP contribution in [-0.2, 0) is 9.47 Å². The van der Waals surface area contributed by atoms with Gasteiger partial charge in [0.25, 0.3) is 0 Å². The molecule has 0 heterocycles.